The number of hydrogen-bond donors (Lipinski definition) is 1. The van der Waals surface area contributed by atoms with Crippen LogP contribution in [0.4, 0.5) is 17.5 Å². The predicted molar refractivity (Wildman–Crippen MR) is 165 cm³/mol. The highest BCUT2D eigenvalue weighted by Crippen LogP contribution is 2.33. The van der Waals surface area contributed by atoms with Crippen molar-refractivity contribution >= 4 is 46.3 Å². The predicted octanol–water partition coefficient (Wildman–Crippen LogP) is 5.12. The summed E-state index contributed by atoms with van der Waals surface area (Å²) in [6.07, 6.45) is 11.6. The van der Waals surface area contributed by atoms with Crippen molar-refractivity contribution in [1.82, 2.24) is 29.8 Å². The van der Waals surface area contributed by atoms with E-state index in [2.05, 4.69) is 49.0 Å². The van der Waals surface area contributed by atoms with E-state index in [1.165, 1.54) is 11.9 Å². The summed E-state index contributed by atoms with van der Waals surface area (Å²) in [5, 5.41) is 10.1. The second-order valence-electron chi connectivity index (χ2n) is 10.3. The zero-order chi connectivity index (χ0) is 29.1. The van der Waals surface area contributed by atoms with Gasteiger partial charge in [0, 0.05) is 50.4 Å². The SMILES string of the molecule is C/C=N\N1C=CC(Oc2ccc(Nc3ncnc4cnc(N5CCN6CCOCC6C5)nc34)cc2Cl)=CC1=C(C)CC. The molecule has 0 amide bonds. The Bertz CT molecular complexity index is 1590. The molecule has 0 bridgehead atoms. The smallest absolute Gasteiger partial charge is 0.226 e. The van der Waals surface area contributed by atoms with E-state index in [0.29, 0.717) is 45.4 Å². The third-order valence-corrected chi connectivity index (χ3v) is 7.92. The normalized spacial score (nSPS) is 20.6. The fourth-order valence-corrected chi connectivity index (χ4v) is 5.42. The molecular weight excluding hydrogens is 554 g/mol. The van der Waals surface area contributed by atoms with Crippen LogP contribution in [-0.4, -0.2) is 81.5 Å². The van der Waals surface area contributed by atoms with Crippen molar-refractivity contribution in [2.24, 2.45) is 5.10 Å². The second-order valence-corrected chi connectivity index (χ2v) is 10.7. The molecule has 42 heavy (non-hydrogen) atoms. The number of morpholine rings is 1. The van der Waals surface area contributed by atoms with Crippen molar-refractivity contribution in [2.45, 2.75) is 33.2 Å². The minimum absolute atomic E-state index is 0.348. The Labute approximate surface area is 250 Å². The van der Waals surface area contributed by atoms with Crippen molar-refractivity contribution in [3.8, 4) is 5.75 Å². The summed E-state index contributed by atoms with van der Waals surface area (Å²) in [5.74, 6) is 2.46. The molecule has 12 heteroatoms. The maximum atomic E-state index is 6.68. The first-order valence-electron chi connectivity index (χ1n) is 14.2. The van der Waals surface area contributed by atoms with E-state index in [1.807, 2.05) is 48.5 Å². The first kappa shape index (κ1) is 28.1. The average Bonchev–Trinajstić information content (AvgIpc) is 3.02. The molecule has 1 atom stereocenters. The van der Waals surface area contributed by atoms with E-state index in [1.54, 1.807) is 12.4 Å². The fourth-order valence-electron chi connectivity index (χ4n) is 5.20. The quantitative estimate of drug-likeness (QED) is 0.375. The summed E-state index contributed by atoms with van der Waals surface area (Å²) in [5.41, 5.74) is 4.23. The van der Waals surface area contributed by atoms with Gasteiger partial charge in [-0.05, 0) is 50.1 Å². The van der Waals surface area contributed by atoms with Crippen molar-refractivity contribution in [2.75, 3.05) is 49.6 Å². The van der Waals surface area contributed by atoms with E-state index < -0.39 is 0 Å². The number of ether oxygens (including phenoxy) is 2. The van der Waals surface area contributed by atoms with Crippen molar-refractivity contribution < 1.29 is 9.47 Å². The molecule has 3 aliphatic heterocycles. The first-order valence-corrected chi connectivity index (χ1v) is 14.6. The molecule has 1 aromatic carbocycles. The monoisotopic (exact) mass is 587 g/mol. The third kappa shape index (κ3) is 5.94. The van der Waals surface area contributed by atoms with Gasteiger partial charge in [-0.25, -0.2) is 24.9 Å². The lowest BCUT2D eigenvalue weighted by molar-refractivity contribution is -0.0118. The van der Waals surface area contributed by atoms with E-state index in [4.69, 9.17) is 26.1 Å². The molecule has 3 aliphatic rings. The highest BCUT2D eigenvalue weighted by atomic mass is 35.5. The lowest BCUT2D eigenvalue weighted by Crippen LogP contribution is -2.58. The lowest BCUT2D eigenvalue weighted by Gasteiger charge is -2.43. The summed E-state index contributed by atoms with van der Waals surface area (Å²) in [6, 6.07) is 5.89. The summed E-state index contributed by atoms with van der Waals surface area (Å²) in [4.78, 5) is 23.0. The Kier molecular flexibility index (Phi) is 8.31. The van der Waals surface area contributed by atoms with Crippen LogP contribution in [0.5, 0.6) is 5.75 Å². The largest absolute Gasteiger partial charge is 0.456 e. The van der Waals surface area contributed by atoms with Gasteiger partial charge in [-0.3, -0.25) is 4.90 Å². The topological polar surface area (TPSA) is 104 Å². The highest BCUT2D eigenvalue weighted by molar-refractivity contribution is 6.32. The molecule has 218 valence electrons. The molecule has 0 saturated carbocycles. The van der Waals surface area contributed by atoms with Crippen LogP contribution in [0.2, 0.25) is 5.02 Å². The number of allylic oxidation sites excluding steroid dienone is 3. The molecular formula is C30H34ClN9O2. The minimum atomic E-state index is 0.348. The number of fused-ring (bicyclic) bond motifs is 2. The molecule has 1 N–H and O–H groups in total. The Hall–Kier alpha value is -4.06. The number of halogens is 1. The van der Waals surface area contributed by atoms with Crippen LogP contribution in [0.15, 0.2) is 71.2 Å². The molecule has 3 aromatic rings. The Morgan fingerprint density at radius 2 is 2.14 bits per heavy atom. The van der Waals surface area contributed by atoms with Gasteiger partial charge in [0.2, 0.25) is 5.95 Å². The fraction of sp³-hybridized carbons (Fsp3) is 0.367. The molecule has 2 fully saturated rings. The highest BCUT2D eigenvalue weighted by Gasteiger charge is 2.30. The van der Waals surface area contributed by atoms with Gasteiger partial charge >= 0.3 is 0 Å². The van der Waals surface area contributed by atoms with Crippen LogP contribution in [-0.2, 0) is 4.74 Å². The average molecular weight is 588 g/mol. The van der Waals surface area contributed by atoms with Gasteiger partial charge in [0.25, 0.3) is 0 Å². The van der Waals surface area contributed by atoms with Gasteiger partial charge < -0.3 is 19.7 Å². The number of hydrogen-bond acceptors (Lipinski definition) is 11. The van der Waals surface area contributed by atoms with Crippen molar-refractivity contribution in [3.63, 3.8) is 0 Å². The number of hydrazone groups is 1. The van der Waals surface area contributed by atoms with Gasteiger partial charge in [0.1, 0.15) is 28.9 Å². The van der Waals surface area contributed by atoms with Crippen LogP contribution in [0.1, 0.15) is 27.2 Å². The van der Waals surface area contributed by atoms with Crippen LogP contribution < -0.4 is 15.0 Å². The molecule has 2 saturated heterocycles. The van der Waals surface area contributed by atoms with Gasteiger partial charge in [-0.15, -0.1) is 0 Å². The first-order chi connectivity index (χ1) is 20.5. The van der Waals surface area contributed by atoms with E-state index >= 15 is 0 Å². The van der Waals surface area contributed by atoms with Crippen molar-refractivity contribution in [1.29, 1.82) is 0 Å². The molecule has 0 radical (unpaired) electrons. The summed E-state index contributed by atoms with van der Waals surface area (Å²) in [7, 11) is 0. The standard InChI is InChI=1S/C30H34ClN9O2/c1-4-20(3)26-15-23(8-9-40(26)35-5-2)42-27-7-6-21(14-24(27)31)36-29-28-25(33-19-34-29)16-32-30(37-28)39-11-10-38-12-13-41-18-22(38)17-39/h5-9,14-16,19,22H,4,10-13,17-18H2,1-3H3,(H,33,34,36)/b26-20?,35-5-. The zero-order valence-corrected chi connectivity index (χ0v) is 24.8. The molecule has 11 nitrogen and oxygen atoms in total. The number of nitrogens with zero attached hydrogens (tertiary/aromatic N) is 8. The minimum Gasteiger partial charge on any atom is -0.456 e. The molecule has 6 rings (SSSR count). The van der Waals surface area contributed by atoms with Crippen LogP contribution in [0, 0.1) is 0 Å². The van der Waals surface area contributed by atoms with Gasteiger partial charge in [-0.1, -0.05) is 18.5 Å². The zero-order valence-electron chi connectivity index (χ0n) is 24.0. The van der Waals surface area contributed by atoms with E-state index in [-0.39, 0.29) is 0 Å². The number of nitrogens with one attached hydrogen (secondary N) is 1. The number of benzene rings is 1. The second kappa shape index (κ2) is 12.4. The lowest BCUT2D eigenvalue weighted by atomic mass is 10.1. The Balaban J connectivity index is 1.20. The van der Waals surface area contributed by atoms with E-state index in [0.717, 1.165) is 57.2 Å². The summed E-state index contributed by atoms with van der Waals surface area (Å²) in [6.45, 7) is 11.2. The maximum absolute atomic E-state index is 6.68. The molecule has 2 aromatic heterocycles. The van der Waals surface area contributed by atoms with Gasteiger partial charge in [-0.2, -0.15) is 5.10 Å². The number of anilines is 3. The van der Waals surface area contributed by atoms with Crippen LogP contribution in [0.25, 0.3) is 11.0 Å². The number of rotatable bonds is 7. The van der Waals surface area contributed by atoms with Crippen molar-refractivity contribution in [3.05, 3.63) is 71.1 Å². The number of aromatic nitrogens is 4. The third-order valence-electron chi connectivity index (χ3n) is 7.62. The van der Waals surface area contributed by atoms with E-state index in [9.17, 15) is 0 Å². The van der Waals surface area contributed by atoms with Gasteiger partial charge in [0.15, 0.2) is 5.82 Å². The number of piperazine rings is 1. The summed E-state index contributed by atoms with van der Waals surface area (Å²) < 4.78 is 11.9. The summed E-state index contributed by atoms with van der Waals surface area (Å²) >= 11 is 6.68. The molecule has 0 aliphatic carbocycles. The van der Waals surface area contributed by atoms with Gasteiger partial charge in [0.05, 0.1) is 36.2 Å². The van der Waals surface area contributed by atoms with Crippen LogP contribution >= 0.6 is 11.6 Å². The Morgan fingerprint density at radius 1 is 1.24 bits per heavy atom. The molecule has 1 unspecified atom stereocenters. The molecule has 0 spiro atoms. The molecule has 5 heterocycles. The Morgan fingerprint density at radius 3 is 2.98 bits per heavy atom. The maximum Gasteiger partial charge on any atom is 0.226 e. The van der Waals surface area contributed by atoms with Crippen LogP contribution in [0.3, 0.4) is 0 Å².